The Labute approximate surface area is 68.1 Å². The van der Waals surface area contributed by atoms with Gasteiger partial charge in [-0.05, 0) is 16.2 Å². The zero-order chi connectivity index (χ0) is 7.78. The van der Waals surface area contributed by atoms with E-state index in [4.69, 9.17) is 0 Å². The Hall–Kier alpha value is 0.0900. The molecule has 0 aliphatic carbocycles. The molecular weight excluding hydrogens is 140 g/mol. The topological polar surface area (TPSA) is 0 Å². The summed E-state index contributed by atoms with van der Waals surface area (Å²) in [5.41, 5.74) is 0.384. The summed E-state index contributed by atoms with van der Waals surface area (Å²) < 4.78 is 0. The van der Waals surface area contributed by atoms with E-state index in [0.29, 0.717) is 5.41 Å². The van der Waals surface area contributed by atoms with Gasteiger partial charge in [0.25, 0.3) is 0 Å². The largest absolute Gasteiger partial charge is 0.130 e. The first kappa shape index (κ1) is 8.19. The third-order valence-corrected chi connectivity index (χ3v) is 3.43. The van der Waals surface area contributed by atoms with Crippen LogP contribution in [0.4, 0.5) is 0 Å². The normalized spacial score (nSPS) is 26.8. The summed E-state index contributed by atoms with van der Waals surface area (Å²) in [5, 5.41) is 0. The zero-order valence-corrected chi connectivity index (χ0v) is 8.09. The minimum atomic E-state index is 0.384. The second-order valence-electron chi connectivity index (χ2n) is 4.07. The van der Waals surface area contributed by atoms with Gasteiger partial charge in [0.15, 0.2) is 0 Å². The molecule has 0 spiro atoms. The third kappa shape index (κ3) is 1.79. The first-order chi connectivity index (χ1) is 4.50. The van der Waals surface area contributed by atoms with E-state index in [9.17, 15) is 0 Å². The van der Waals surface area contributed by atoms with Crippen molar-refractivity contribution >= 4 is 11.8 Å². The molecule has 0 aromatic carbocycles. The van der Waals surface area contributed by atoms with E-state index in [1.165, 1.54) is 5.75 Å². The van der Waals surface area contributed by atoms with Crippen LogP contribution in [-0.2, 0) is 0 Å². The van der Waals surface area contributed by atoms with E-state index in [0.717, 1.165) is 5.92 Å². The van der Waals surface area contributed by atoms with Gasteiger partial charge in [-0.2, -0.15) is 0 Å². The first-order valence-electron chi connectivity index (χ1n) is 3.85. The van der Waals surface area contributed by atoms with Crippen LogP contribution in [0, 0.1) is 11.3 Å². The second kappa shape index (κ2) is 2.61. The van der Waals surface area contributed by atoms with Crippen molar-refractivity contribution < 1.29 is 0 Å². The fraction of sp³-hybridized carbons (Fsp3) is 0.778. The van der Waals surface area contributed by atoms with Gasteiger partial charge in [-0.3, -0.25) is 0 Å². The minimum absolute atomic E-state index is 0.384. The molecule has 0 aromatic heterocycles. The van der Waals surface area contributed by atoms with Crippen LogP contribution in [0.25, 0.3) is 0 Å². The molecule has 0 amide bonds. The standard InChI is InChI=1S/C9H16S/c1-7-5-8(10-6-7)9(2,3)4/h5,7H,6H2,1-4H3. The number of thioether (sulfide) groups is 1. The number of rotatable bonds is 0. The van der Waals surface area contributed by atoms with Crippen molar-refractivity contribution in [1.29, 1.82) is 0 Å². The minimum Gasteiger partial charge on any atom is -0.130 e. The highest BCUT2D eigenvalue weighted by atomic mass is 32.2. The summed E-state index contributed by atoms with van der Waals surface area (Å²) in [4.78, 5) is 1.57. The zero-order valence-electron chi connectivity index (χ0n) is 7.27. The maximum absolute atomic E-state index is 2.41. The highest BCUT2D eigenvalue weighted by molar-refractivity contribution is 8.03. The van der Waals surface area contributed by atoms with Crippen molar-refractivity contribution in [2.45, 2.75) is 27.7 Å². The molecule has 0 saturated heterocycles. The van der Waals surface area contributed by atoms with Gasteiger partial charge >= 0.3 is 0 Å². The van der Waals surface area contributed by atoms with Gasteiger partial charge in [0.2, 0.25) is 0 Å². The maximum atomic E-state index is 2.41. The van der Waals surface area contributed by atoms with Crippen molar-refractivity contribution in [3.05, 3.63) is 11.0 Å². The lowest BCUT2D eigenvalue weighted by Gasteiger charge is -2.18. The molecule has 0 radical (unpaired) electrons. The maximum Gasteiger partial charge on any atom is 0.00377 e. The molecule has 10 heavy (non-hydrogen) atoms. The van der Waals surface area contributed by atoms with Gasteiger partial charge in [0.1, 0.15) is 0 Å². The number of hydrogen-bond donors (Lipinski definition) is 0. The fourth-order valence-corrected chi connectivity index (χ4v) is 2.34. The summed E-state index contributed by atoms with van der Waals surface area (Å²) in [7, 11) is 0. The van der Waals surface area contributed by atoms with Gasteiger partial charge in [0.05, 0.1) is 0 Å². The Morgan fingerprint density at radius 1 is 1.50 bits per heavy atom. The molecule has 1 aliphatic rings. The van der Waals surface area contributed by atoms with Crippen molar-refractivity contribution in [3.63, 3.8) is 0 Å². The van der Waals surface area contributed by atoms with Crippen molar-refractivity contribution in [1.82, 2.24) is 0 Å². The number of hydrogen-bond acceptors (Lipinski definition) is 1. The molecule has 0 fully saturated rings. The monoisotopic (exact) mass is 156 g/mol. The van der Waals surface area contributed by atoms with Crippen LogP contribution in [0.3, 0.4) is 0 Å². The van der Waals surface area contributed by atoms with Gasteiger partial charge in [-0.1, -0.05) is 33.8 Å². The van der Waals surface area contributed by atoms with Gasteiger partial charge in [-0.15, -0.1) is 11.8 Å². The molecule has 1 unspecified atom stereocenters. The molecule has 1 heterocycles. The van der Waals surface area contributed by atoms with E-state index >= 15 is 0 Å². The highest BCUT2D eigenvalue weighted by Crippen LogP contribution is 2.40. The number of allylic oxidation sites excluding steroid dienone is 2. The predicted octanol–water partition coefficient (Wildman–Crippen LogP) is 3.30. The molecule has 0 N–H and O–H groups in total. The molecule has 1 aliphatic heterocycles. The van der Waals surface area contributed by atoms with Gasteiger partial charge in [-0.25, -0.2) is 0 Å². The van der Waals surface area contributed by atoms with Crippen molar-refractivity contribution in [2.75, 3.05) is 5.75 Å². The van der Waals surface area contributed by atoms with Gasteiger partial charge in [0, 0.05) is 5.75 Å². The lowest BCUT2D eigenvalue weighted by Crippen LogP contribution is -2.04. The van der Waals surface area contributed by atoms with E-state index in [1.54, 1.807) is 4.91 Å². The van der Waals surface area contributed by atoms with Crippen molar-refractivity contribution in [2.24, 2.45) is 11.3 Å². The molecular formula is C9H16S. The van der Waals surface area contributed by atoms with Crippen LogP contribution >= 0.6 is 11.8 Å². The van der Waals surface area contributed by atoms with Crippen LogP contribution in [0.15, 0.2) is 11.0 Å². The molecule has 0 nitrogen and oxygen atoms in total. The van der Waals surface area contributed by atoms with E-state index in [-0.39, 0.29) is 0 Å². The van der Waals surface area contributed by atoms with E-state index < -0.39 is 0 Å². The first-order valence-corrected chi connectivity index (χ1v) is 4.84. The fourth-order valence-electron chi connectivity index (χ4n) is 1.04. The average Bonchev–Trinajstić information content (AvgIpc) is 2.11. The average molecular weight is 156 g/mol. The summed E-state index contributed by atoms with van der Waals surface area (Å²) in [5.74, 6) is 2.08. The van der Waals surface area contributed by atoms with E-state index in [1.807, 2.05) is 11.8 Å². The molecule has 1 atom stereocenters. The lowest BCUT2D eigenvalue weighted by molar-refractivity contribution is 0.531. The molecule has 1 rings (SSSR count). The van der Waals surface area contributed by atoms with Gasteiger partial charge < -0.3 is 0 Å². The van der Waals surface area contributed by atoms with Crippen LogP contribution in [0.2, 0.25) is 0 Å². The highest BCUT2D eigenvalue weighted by Gasteiger charge is 2.22. The third-order valence-electron chi connectivity index (χ3n) is 1.68. The summed E-state index contributed by atoms with van der Waals surface area (Å²) in [6, 6.07) is 0. The van der Waals surface area contributed by atoms with E-state index in [2.05, 4.69) is 33.8 Å². The smallest absolute Gasteiger partial charge is 0.00377 e. The predicted molar refractivity (Wildman–Crippen MR) is 49.2 cm³/mol. The second-order valence-corrected chi connectivity index (χ2v) is 5.13. The molecule has 58 valence electrons. The summed E-state index contributed by atoms with van der Waals surface area (Å²) >= 11 is 2.02. The Morgan fingerprint density at radius 3 is 2.30 bits per heavy atom. The SMILES string of the molecule is CC1C=C(C(C)(C)C)SC1. The summed E-state index contributed by atoms with van der Waals surface area (Å²) in [6.07, 6.45) is 2.41. The lowest BCUT2D eigenvalue weighted by atomic mass is 9.94. The Bertz CT molecular complexity index is 151. The summed E-state index contributed by atoms with van der Waals surface area (Å²) in [6.45, 7) is 9.13. The molecule has 0 aromatic rings. The van der Waals surface area contributed by atoms with Crippen LogP contribution in [0.5, 0.6) is 0 Å². The molecule has 0 saturated carbocycles. The Morgan fingerprint density at radius 2 is 2.10 bits per heavy atom. The van der Waals surface area contributed by atoms with Crippen LogP contribution in [0.1, 0.15) is 27.7 Å². The molecule has 0 bridgehead atoms. The van der Waals surface area contributed by atoms with Crippen LogP contribution in [-0.4, -0.2) is 5.75 Å². The Balaban J connectivity index is 2.67. The quantitative estimate of drug-likeness (QED) is 0.518. The van der Waals surface area contributed by atoms with Crippen LogP contribution < -0.4 is 0 Å². The molecule has 1 heteroatoms. The van der Waals surface area contributed by atoms with Crippen molar-refractivity contribution in [3.8, 4) is 0 Å². The Kier molecular flexibility index (Phi) is 2.14.